The average molecular weight is 522 g/mol. The first-order chi connectivity index (χ1) is 14.1. The molecule has 2 aliphatic rings. The Morgan fingerprint density at radius 3 is 2.73 bits per heavy atom. The fraction of sp³-hybridized carbons (Fsp3) is 0.474. The highest BCUT2D eigenvalue weighted by Crippen LogP contribution is 2.44. The van der Waals surface area contributed by atoms with E-state index >= 15 is 0 Å². The van der Waals surface area contributed by atoms with Gasteiger partial charge in [0.25, 0.3) is 0 Å². The summed E-state index contributed by atoms with van der Waals surface area (Å²) in [6.07, 6.45) is 1.52. The number of imidazole rings is 1. The zero-order valence-corrected chi connectivity index (χ0v) is 19.2. The number of hydrogen-bond acceptors (Lipinski definition) is 4. The molecule has 0 saturated carbocycles. The molecule has 0 radical (unpaired) electrons. The molecule has 2 aliphatic heterocycles. The zero-order valence-electron chi connectivity index (χ0n) is 16.0. The van der Waals surface area contributed by atoms with E-state index in [1.54, 1.807) is 4.57 Å². The van der Waals surface area contributed by atoms with E-state index < -0.39 is 28.1 Å². The standard InChI is InChI=1S/C19H22BrF2N3O3S2/c20-12-1-2-13(21)17(18(12)22)10-7-15-14(24-19(29)25(15)9-10)8-16(26)23-11-3-5-30(27,28)6-4-11/h1-2,10-11,27-28H,3-9H2,(H,23,26)(H,24,29). The van der Waals surface area contributed by atoms with Gasteiger partial charge in [-0.05, 0) is 59.5 Å². The summed E-state index contributed by atoms with van der Waals surface area (Å²) in [6, 6.07) is 2.49. The summed E-state index contributed by atoms with van der Waals surface area (Å²) < 4.78 is 50.7. The van der Waals surface area contributed by atoms with Crippen molar-refractivity contribution in [1.29, 1.82) is 0 Å². The minimum atomic E-state index is -2.50. The van der Waals surface area contributed by atoms with Crippen LogP contribution in [0.3, 0.4) is 0 Å². The maximum atomic E-state index is 14.5. The van der Waals surface area contributed by atoms with Gasteiger partial charge in [0.1, 0.15) is 11.6 Å². The van der Waals surface area contributed by atoms with E-state index in [2.05, 4.69) is 26.2 Å². The van der Waals surface area contributed by atoms with E-state index in [1.807, 2.05) is 0 Å². The molecule has 1 amide bonds. The first-order valence-corrected chi connectivity index (χ1v) is 12.7. The summed E-state index contributed by atoms with van der Waals surface area (Å²) >= 11 is 8.47. The van der Waals surface area contributed by atoms with Gasteiger partial charge in [-0.1, -0.05) is 0 Å². The van der Waals surface area contributed by atoms with Gasteiger partial charge in [-0.2, -0.15) is 10.6 Å². The molecule has 1 atom stereocenters. The van der Waals surface area contributed by atoms with Crippen LogP contribution >= 0.6 is 38.7 Å². The van der Waals surface area contributed by atoms with E-state index in [0.717, 1.165) is 5.69 Å². The van der Waals surface area contributed by atoms with Crippen LogP contribution in [0.2, 0.25) is 0 Å². The number of halogens is 3. The Kier molecular flexibility index (Phi) is 6.10. The van der Waals surface area contributed by atoms with Crippen LogP contribution in [0.15, 0.2) is 16.6 Å². The fourth-order valence-electron chi connectivity index (χ4n) is 4.25. The molecular weight excluding hydrogens is 500 g/mol. The molecular formula is C19H22BrF2N3O3S2. The number of carbonyl (C=O) groups is 1. The summed E-state index contributed by atoms with van der Waals surface area (Å²) in [6.45, 7) is 0.344. The largest absolute Gasteiger partial charge is 0.353 e. The van der Waals surface area contributed by atoms with Gasteiger partial charge in [-0.25, -0.2) is 8.78 Å². The third kappa shape index (κ3) is 4.36. The summed E-state index contributed by atoms with van der Waals surface area (Å²) in [7, 11) is -2.50. The molecule has 30 heavy (non-hydrogen) atoms. The van der Waals surface area contributed by atoms with Gasteiger partial charge < -0.3 is 14.9 Å². The van der Waals surface area contributed by atoms with E-state index in [-0.39, 0.29) is 28.4 Å². The second-order valence-corrected chi connectivity index (χ2v) is 11.5. The molecule has 0 spiro atoms. The Morgan fingerprint density at radius 2 is 2.03 bits per heavy atom. The summed E-state index contributed by atoms with van der Waals surface area (Å²) in [5, 5.41) is 2.94. The smallest absolute Gasteiger partial charge is 0.226 e. The van der Waals surface area contributed by atoms with Crippen molar-refractivity contribution in [3.63, 3.8) is 0 Å². The molecule has 164 valence electrons. The lowest BCUT2D eigenvalue weighted by molar-refractivity contribution is -0.121. The van der Waals surface area contributed by atoms with E-state index in [0.29, 0.717) is 47.8 Å². The van der Waals surface area contributed by atoms with Crippen LogP contribution in [0, 0.1) is 16.4 Å². The van der Waals surface area contributed by atoms with Crippen LogP contribution in [-0.4, -0.2) is 42.1 Å². The van der Waals surface area contributed by atoms with Crippen LogP contribution in [0.5, 0.6) is 0 Å². The van der Waals surface area contributed by atoms with Crippen molar-refractivity contribution < 1.29 is 22.7 Å². The lowest BCUT2D eigenvalue weighted by Crippen LogP contribution is -2.40. The highest BCUT2D eigenvalue weighted by molar-refractivity contribution is 9.10. The number of fused-ring (bicyclic) bond motifs is 1. The van der Waals surface area contributed by atoms with Crippen molar-refractivity contribution in [3.05, 3.63) is 50.0 Å². The monoisotopic (exact) mass is 521 g/mol. The number of amides is 1. The minimum absolute atomic E-state index is 0.0269. The number of H-pyrrole nitrogens is 1. The van der Waals surface area contributed by atoms with Crippen LogP contribution in [0.25, 0.3) is 0 Å². The number of carbonyl (C=O) groups excluding carboxylic acids is 1. The van der Waals surface area contributed by atoms with E-state index in [4.69, 9.17) is 12.2 Å². The number of hydrogen-bond donors (Lipinski definition) is 4. The van der Waals surface area contributed by atoms with Crippen molar-refractivity contribution in [1.82, 2.24) is 14.9 Å². The molecule has 4 rings (SSSR count). The number of aromatic nitrogens is 2. The highest BCUT2D eigenvalue weighted by Gasteiger charge is 2.32. The van der Waals surface area contributed by atoms with Crippen LogP contribution < -0.4 is 5.32 Å². The fourth-order valence-corrected chi connectivity index (χ4v) is 6.43. The van der Waals surface area contributed by atoms with Crippen LogP contribution in [-0.2, 0) is 24.2 Å². The lowest BCUT2D eigenvalue weighted by Gasteiger charge is -2.39. The number of aromatic amines is 1. The Balaban J connectivity index is 1.47. The normalized spacial score (nSPS) is 22.0. The topological polar surface area (TPSA) is 90.3 Å². The highest BCUT2D eigenvalue weighted by atomic mass is 79.9. The molecule has 1 unspecified atom stereocenters. The number of benzene rings is 1. The van der Waals surface area contributed by atoms with Gasteiger partial charge in [0.05, 0.1) is 10.9 Å². The second kappa shape index (κ2) is 8.34. The molecule has 1 aromatic carbocycles. The molecule has 0 bridgehead atoms. The van der Waals surface area contributed by atoms with Crippen molar-refractivity contribution >= 4 is 44.6 Å². The predicted octanol–water partition coefficient (Wildman–Crippen LogP) is 4.50. The molecule has 3 heterocycles. The van der Waals surface area contributed by atoms with Crippen molar-refractivity contribution in [3.8, 4) is 0 Å². The number of nitrogens with zero attached hydrogens (tertiary/aromatic N) is 1. The molecule has 4 N–H and O–H groups in total. The predicted molar refractivity (Wildman–Crippen MR) is 118 cm³/mol. The third-order valence-corrected chi connectivity index (χ3v) is 8.51. The van der Waals surface area contributed by atoms with Gasteiger partial charge in [0, 0.05) is 47.0 Å². The van der Waals surface area contributed by atoms with Crippen LogP contribution in [0.1, 0.15) is 35.7 Å². The lowest BCUT2D eigenvalue weighted by atomic mass is 9.95. The third-order valence-electron chi connectivity index (χ3n) is 5.80. The first-order valence-electron chi connectivity index (χ1n) is 9.61. The van der Waals surface area contributed by atoms with E-state index in [9.17, 15) is 22.7 Å². The average Bonchev–Trinajstić information content (AvgIpc) is 3.22. The Labute approximate surface area is 187 Å². The Hall–Kier alpha value is -1.27. The van der Waals surface area contributed by atoms with Crippen molar-refractivity contribution in [2.45, 2.75) is 44.2 Å². The number of rotatable bonds is 4. The Morgan fingerprint density at radius 1 is 1.33 bits per heavy atom. The summed E-state index contributed by atoms with van der Waals surface area (Å²) in [5.41, 5.74) is 1.46. The minimum Gasteiger partial charge on any atom is -0.353 e. The van der Waals surface area contributed by atoms with Crippen molar-refractivity contribution in [2.75, 3.05) is 11.5 Å². The molecule has 1 aromatic heterocycles. The summed E-state index contributed by atoms with van der Waals surface area (Å²) in [4.78, 5) is 15.6. The van der Waals surface area contributed by atoms with Gasteiger partial charge in [-0.15, -0.1) is 0 Å². The maximum absolute atomic E-state index is 14.5. The molecule has 11 heteroatoms. The van der Waals surface area contributed by atoms with Crippen molar-refractivity contribution in [2.24, 2.45) is 0 Å². The van der Waals surface area contributed by atoms with E-state index in [1.165, 1.54) is 12.1 Å². The zero-order chi connectivity index (χ0) is 21.6. The number of nitrogens with one attached hydrogen (secondary N) is 2. The van der Waals surface area contributed by atoms with Gasteiger partial charge in [0.15, 0.2) is 4.77 Å². The van der Waals surface area contributed by atoms with Gasteiger partial charge >= 0.3 is 0 Å². The molecule has 1 fully saturated rings. The van der Waals surface area contributed by atoms with Gasteiger partial charge in [-0.3, -0.25) is 13.9 Å². The molecule has 2 aromatic rings. The summed E-state index contributed by atoms with van der Waals surface area (Å²) in [5.74, 6) is -1.20. The molecule has 0 aliphatic carbocycles. The second-order valence-electron chi connectivity index (χ2n) is 7.85. The quantitative estimate of drug-likeness (QED) is 0.352. The maximum Gasteiger partial charge on any atom is 0.226 e. The van der Waals surface area contributed by atoms with Gasteiger partial charge in [0.2, 0.25) is 5.91 Å². The molecule has 1 saturated heterocycles. The Bertz CT molecular complexity index is 1050. The SMILES string of the molecule is O=C(Cc1[nH]c(=S)n2c1CC(c1c(F)ccc(Br)c1F)C2)NC1CCS(O)(O)CC1. The first kappa shape index (κ1) is 21.9. The van der Waals surface area contributed by atoms with Crippen LogP contribution in [0.4, 0.5) is 8.78 Å². The molecule has 6 nitrogen and oxygen atoms in total.